The van der Waals surface area contributed by atoms with Crippen LogP contribution in [0.1, 0.15) is 0 Å². The van der Waals surface area contributed by atoms with E-state index in [-0.39, 0.29) is 0 Å². The first-order valence-corrected chi connectivity index (χ1v) is 16.0. The Balaban J connectivity index is 1.35. The molecule has 6 aromatic carbocycles. The number of hydrogen-bond acceptors (Lipinski definition) is 10. The molecule has 10 rings (SSSR count). The lowest BCUT2D eigenvalue weighted by Crippen LogP contribution is -2.18. The van der Waals surface area contributed by atoms with Gasteiger partial charge in [0.1, 0.15) is 25.3 Å². The van der Waals surface area contributed by atoms with Gasteiger partial charge in [-0.25, -0.2) is 29.9 Å². The zero-order chi connectivity index (χ0) is 33.0. The molecule has 236 valence electrons. The number of ether oxygens (including phenoxy) is 2. The summed E-state index contributed by atoms with van der Waals surface area (Å²) in [6, 6.07) is 40.9. The minimum Gasteiger partial charge on any atom is -0.453 e. The first-order valence-electron chi connectivity index (χ1n) is 16.0. The Bertz CT molecular complexity index is 2490. The van der Waals surface area contributed by atoms with E-state index >= 15 is 0 Å². The van der Waals surface area contributed by atoms with E-state index in [2.05, 4.69) is 82.2 Å². The molecule has 0 atom stereocenters. The van der Waals surface area contributed by atoms with E-state index in [9.17, 15) is 0 Å². The number of hydrogen-bond donors (Lipinski definition) is 0. The van der Waals surface area contributed by atoms with Crippen molar-refractivity contribution < 1.29 is 9.47 Å². The maximum Gasteiger partial charge on any atom is 0.163 e. The van der Waals surface area contributed by atoms with Crippen LogP contribution in [-0.2, 0) is 0 Å². The predicted molar refractivity (Wildman–Crippen MR) is 191 cm³/mol. The van der Waals surface area contributed by atoms with Crippen LogP contribution in [0.4, 0.5) is 34.1 Å². The van der Waals surface area contributed by atoms with Crippen molar-refractivity contribution in [3.63, 3.8) is 0 Å². The molecule has 4 heterocycles. The summed E-state index contributed by atoms with van der Waals surface area (Å²) in [6.45, 7) is 0. The smallest absolute Gasteiger partial charge is 0.163 e. The van der Waals surface area contributed by atoms with E-state index in [1.54, 1.807) is 0 Å². The zero-order valence-electron chi connectivity index (χ0n) is 26.3. The van der Waals surface area contributed by atoms with Gasteiger partial charge in [0.2, 0.25) is 0 Å². The van der Waals surface area contributed by atoms with Gasteiger partial charge in [-0.3, -0.25) is 0 Å². The number of fused-ring (bicyclic) bond motifs is 5. The van der Waals surface area contributed by atoms with Gasteiger partial charge in [-0.15, -0.1) is 0 Å². The normalized spacial score (nSPS) is 12.6. The van der Waals surface area contributed by atoms with Crippen molar-refractivity contribution in [3.05, 3.63) is 147 Å². The Morgan fingerprint density at radius 2 is 0.860 bits per heavy atom. The van der Waals surface area contributed by atoms with Crippen LogP contribution in [0, 0.1) is 0 Å². The molecule has 0 unspecified atom stereocenters. The highest BCUT2D eigenvalue weighted by atomic mass is 16.5. The van der Waals surface area contributed by atoms with Crippen molar-refractivity contribution in [1.82, 2.24) is 29.9 Å². The molecule has 50 heavy (non-hydrogen) atoms. The maximum atomic E-state index is 6.44. The summed E-state index contributed by atoms with van der Waals surface area (Å²) in [5, 5.41) is 1.85. The van der Waals surface area contributed by atoms with Gasteiger partial charge in [0.25, 0.3) is 0 Å². The lowest BCUT2D eigenvalue weighted by molar-refractivity contribution is 0.477. The number of aromatic nitrogens is 6. The quantitative estimate of drug-likeness (QED) is 0.183. The number of para-hydroxylation sites is 8. The fraction of sp³-hybridized carbons (Fsp3) is 0. The SMILES string of the molecule is c1ccc2c(c1)Oc1ccccc1N2c1cc(N2c3ccccc3Oc3ccccc32)c2cc(-c3ncncn3)cc(-c3ncncn3)c2c1. The molecule has 0 bridgehead atoms. The second-order valence-electron chi connectivity index (χ2n) is 11.8. The minimum atomic E-state index is 0.523. The molecule has 0 amide bonds. The largest absolute Gasteiger partial charge is 0.453 e. The van der Waals surface area contributed by atoms with Crippen LogP contribution >= 0.6 is 0 Å². The van der Waals surface area contributed by atoms with Crippen molar-refractivity contribution in [2.24, 2.45) is 0 Å². The van der Waals surface area contributed by atoms with Crippen LogP contribution in [0.2, 0.25) is 0 Å². The molecular weight excluding hydrogens is 624 g/mol. The third-order valence-electron chi connectivity index (χ3n) is 8.88. The Hall–Kier alpha value is -7.20. The lowest BCUT2D eigenvalue weighted by atomic mass is 9.95. The highest BCUT2D eigenvalue weighted by molar-refractivity contribution is 6.10. The number of rotatable bonds is 4. The second kappa shape index (κ2) is 11.2. The van der Waals surface area contributed by atoms with E-state index in [0.29, 0.717) is 11.6 Å². The van der Waals surface area contributed by atoms with Crippen LogP contribution in [0.5, 0.6) is 23.0 Å². The fourth-order valence-electron chi connectivity index (χ4n) is 6.77. The number of anilines is 6. The van der Waals surface area contributed by atoms with Gasteiger partial charge in [-0.2, -0.15) is 0 Å². The summed E-state index contributed by atoms with van der Waals surface area (Å²) in [5.41, 5.74) is 7.06. The first-order chi connectivity index (χ1) is 24.8. The second-order valence-corrected chi connectivity index (χ2v) is 11.8. The topological polar surface area (TPSA) is 102 Å². The monoisotopic (exact) mass is 648 g/mol. The highest BCUT2D eigenvalue weighted by Crippen LogP contribution is 2.56. The Morgan fingerprint density at radius 3 is 1.38 bits per heavy atom. The molecule has 0 aliphatic carbocycles. The maximum absolute atomic E-state index is 6.44. The van der Waals surface area contributed by atoms with Crippen molar-refractivity contribution in [1.29, 1.82) is 0 Å². The standard InChI is InChI=1S/C40H24N8O2/c1-5-13-35-30(9-1)47(31-10-2-6-14-36(31)49-35)26-19-27-28(17-25(39-43-21-41-22-44-39)18-29(27)40-45-23-42-24-46-40)34(20-26)48-32-11-3-7-15-37(32)50-38-16-8-4-12-33(38)48/h1-24H. The third kappa shape index (κ3) is 4.43. The van der Waals surface area contributed by atoms with Gasteiger partial charge >= 0.3 is 0 Å². The van der Waals surface area contributed by atoms with E-state index in [0.717, 1.165) is 79.0 Å². The molecule has 8 aromatic rings. The van der Waals surface area contributed by atoms with E-state index in [4.69, 9.17) is 9.47 Å². The number of benzene rings is 6. The lowest BCUT2D eigenvalue weighted by Gasteiger charge is -2.36. The summed E-state index contributed by atoms with van der Waals surface area (Å²) in [7, 11) is 0. The van der Waals surface area contributed by atoms with Crippen LogP contribution < -0.4 is 19.3 Å². The van der Waals surface area contributed by atoms with Crippen LogP contribution in [0.15, 0.2) is 147 Å². The average molecular weight is 649 g/mol. The molecule has 0 saturated heterocycles. The molecule has 2 aliphatic heterocycles. The molecule has 0 radical (unpaired) electrons. The molecule has 2 aromatic heterocycles. The van der Waals surface area contributed by atoms with Gasteiger partial charge in [-0.1, -0.05) is 48.5 Å². The van der Waals surface area contributed by atoms with Gasteiger partial charge in [-0.05, 0) is 78.2 Å². The predicted octanol–water partition coefficient (Wildman–Crippen LogP) is 9.69. The van der Waals surface area contributed by atoms with Crippen molar-refractivity contribution in [2.75, 3.05) is 9.80 Å². The van der Waals surface area contributed by atoms with Crippen LogP contribution in [-0.4, -0.2) is 29.9 Å². The minimum absolute atomic E-state index is 0.523. The molecule has 0 saturated carbocycles. The highest BCUT2D eigenvalue weighted by Gasteiger charge is 2.31. The zero-order valence-corrected chi connectivity index (χ0v) is 26.3. The van der Waals surface area contributed by atoms with Crippen molar-refractivity contribution in [3.8, 4) is 45.8 Å². The molecule has 0 fully saturated rings. The van der Waals surface area contributed by atoms with Crippen molar-refractivity contribution in [2.45, 2.75) is 0 Å². The fourth-order valence-corrected chi connectivity index (χ4v) is 6.77. The molecule has 0 N–H and O–H groups in total. The molecule has 10 heteroatoms. The van der Waals surface area contributed by atoms with E-state index in [1.807, 2.05) is 78.9 Å². The van der Waals surface area contributed by atoms with E-state index < -0.39 is 0 Å². The summed E-state index contributed by atoms with van der Waals surface area (Å²) >= 11 is 0. The van der Waals surface area contributed by atoms with Gasteiger partial charge in [0, 0.05) is 22.2 Å². The van der Waals surface area contributed by atoms with Crippen molar-refractivity contribution >= 4 is 44.9 Å². The molecule has 10 nitrogen and oxygen atoms in total. The van der Waals surface area contributed by atoms with Gasteiger partial charge in [0.15, 0.2) is 34.6 Å². The summed E-state index contributed by atoms with van der Waals surface area (Å²) in [4.78, 5) is 30.9. The number of nitrogens with zero attached hydrogens (tertiary/aromatic N) is 8. The summed E-state index contributed by atoms with van der Waals surface area (Å²) < 4.78 is 12.8. The summed E-state index contributed by atoms with van der Waals surface area (Å²) in [5.74, 6) is 4.08. The molecule has 0 spiro atoms. The Kier molecular flexibility index (Phi) is 6.25. The average Bonchev–Trinajstić information content (AvgIpc) is 3.19. The Labute approximate surface area is 286 Å². The molecular formula is C40H24N8O2. The van der Waals surface area contributed by atoms with E-state index in [1.165, 1.54) is 25.3 Å². The van der Waals surface area contributed by atoms with Gasteiger partial charge in [0.05, 0.1) is 28.4 Å². The van der Waals surface area contributed by atoms with Crippen LogP contribution in [0.3, 0.4) is 0 Å². The third-order valence-corrected chi connectivity index (χ3v) is 8.88. The van der Waals surface area contributed by atoms with Crippen LogP contribution in [0.25, 0.3) is 33.5 Å². The first kappa shape index (κ1) is 27.9. The molecule has 2 aliphatic rings. The van der Waals surface area contributed by atoms with Gasteiger partial charge < -0.3 is 19.3 Å². The Morgan fingerprint density at radius 1 is 0.400 bits per heavy atom. The summed E-state index contributed by atoms with van der Waals surface area (Å²) in [6.07, 6.45) is 6.02.